The van der Waals surface area contributed by atoms with Crippen LogP contribution in [0.4, 0.5) is 4.79 Å². The van der Waals surface area contributed by atoms with Crippen LogP contribution in [0.15, 0.2) is 0 Å². The van der Waals surface area contributed by atoms with Gasteiger partial charge in [0, 0.05) is 12.6 Å². The van der Waals surface area contributed by atoms with Crippen molar-refractivity contribution in [3.8, 4) is 0 Å². The van der Waals surface area contributed by atoms with Crippen LogP contribution < -0.4 is 5.32 Å². The van der Waals surface area contributed by atoms with Crippen molar-refractivity contribution < 1.29 is 9.53 Å². The number of piperidine rings is 1. The van der Waals surface area contributed by atoms with Gasteiger partial charge in [-0.15, -0.1) is 0 Å². The molecule has 0 aromatic rings. The minimum absolute atomic E-state index is 0.0992. The number of carbonyl (C=O) groups is 1. The van der Waals surface area contributed by atoms with E-state index in [-0.39, 0.29) is 16.9 Å². The van der Waals surface area contributed by atoms with Crippen molar-refractivity contribution in [2.24, 2.45) is 10.8 Å². The summed E-state index contributed by atoms with van der Waals surface area (Å²) < 4.78 is 4.96. The molecule has 1 unspecified atom stereocenters. The SMILES string of the molecule is COC(=O)N1CCC2(CCNCC2)C1C(C)(C)C. The summed E-state index contributed by atoms with van der Waals surface area (Å²) in [6.45, 7) is 9.70. The lowest BCUT2D eigenvalue weighted by atomic mass is 9.65. The molecule has 4 nitrogen and oxygen atoms in total. The smallest absolute Gasteiger partial charge is 0.409 e. The van der Waals surface area contributed by atoms with Crippen LogP contribution in [0.1, 0.15) is 40.0 Å². The number of amides is 1. The van der Waals surface area contributed by atoms with Crippen molar-refractivity contribution in [2.45, 2.75) is 46.1 Å². The van der Waals surface area contributed by atoms with Gasteiger partial charge in [0.05, 0.1) is 7.11 Å². The van der Waals surface area contributed by atoms with Crippen molar-refractivity contribution in [1.29, 1.82) is 0 Å². The largest absolute Gasteiger partial charge is 0.453 e. The van der Waals surface area contributed by atoms with Crippen LogP contribution in [-0.2, 0) is 4.74 Å². The van der Waals surface area contributed by atoms with Crippen LogP contribution in [0.3, 0.4) is 0 Å². The summed E-state index contributed by atoms with van der Waals surface area (Å²) in [7, 11) is 1.48. The van der Waals surface area contributed by atoms with Gasteiger partial charge in [0.25, 0.3) is 0 Å². The molecule has 2 saturated heterocycles. The molecule has 0 aromatic heterocycles. The molecule has 0 saturated carbocycles. The molecule has 0 radical (unpaired) electrons. The number of hydrogen-bond acceptors (Lipinski definition) is 3. The Kier molecular flexibility index (Phi) is 3.58. The van der Waals surface area contributed by atoms with Crippen LogP contribution in [0, 0.1) is 10.8 Å². The van der Waals surface area contributed by atoms with Gasteiger partial charge in [0.1, 0.15) is 0 Å². The molecule has 4 heteroatoms. The number of nitrogens with zero attached hydrogens (tertiary/aromatic N) is 1. The highest BCUT2D eigenvalue weighted by Gasteiger charge is 2.53. The minimum atomic E-state index is -0.162. The number of hydrogen-bond donors (Lipinski definition) is 1. The first-order valence-corrected chi connectivity index (χ1v) is 6.96. The van der Waals surface area contributed by atoms with Gasteiger partial charge >= 0.3 is 6.09 Å². The Labute approximate surface area is 110 Å². The van der Waals surface area contributed by atoms with Crippen molar-refractivity contribution in [3.05, 3.63) is 0 Å². The molecule has 0 bridgehead atoms. The maximum atomic E-state index is 12.0. The van der Waals surface area contributed by atoms with Gasteiger partial charge in [-0.1, -0.05) is 20.8 Å². The molecule has 1 N–H and O–H groups in total. The van der Waals surface area contributed by atoms with Crippen LogP contribution in [-0.4, -0.2) is 43.8 Å². The fourth-order valence-electron chi connectivity index (χ4n) is 4.09. The molecule has 0 aromatic carbocycles. The van der Waals surface area contributed by atoms with Crippen molar-refractivity contribution in [3.63, 3.8) is 0 Å². The van der Waals surface area contributed by atoms with E-state index in [9.17, 15) is 4.79 Å². The lowest BCUT2D eigenvalue weighted by Crippen LogP contribution is -2.53. The molecule has 1 atom stereocenters. The molecule has 2 heterocycles. The zero-order valence-electron chi connectivity index (χ0n) is 12.1. The zero-order valence-corrected chi connectivity index (χ0v) is 12.1. The Bertz CT molecular complexity index is 316. The summed E-state index contributed by atoms with van der Waals surface area (Å²) in [5, 5.41) is 3.43. The Hall–Kier alpha value is -0.770. The van der Waals surface area contributed by atoms with Gasteiger partial charge in [-0.25, -0.2) is 4.79 Å². The summed E-state index contributed by atoms with van der Waals surface area (Å²) >= 11 is 0. The van der Waals surface area contributed by atoms with E-state index in [1.165, 1.54) is 20.0 Å². The number of carbonyl (C=O) groups excluding carboxylic acids is 1. The maximum Gasteiger partial charge on any atom is 0.409 e. The van der Waals surface area contributed by atoms with Gasteiger partial charge in [-0.05, 0) is 43.2 Å². The van der Waals surface area contributed by atoms with Gasteiger partial charge in [-0.2, -0.15) is 0 Å². The van der Waals surface area contributed by atoms with Crippen molar-refractivity contribution in [2.75, 3.05) is 26.7 Å². The second-order valence-electron chi connectivity index (χ2n) is 6.79. The summed E-state index contributed by atoms with van der Waals surface area (Å²) in [6.07, 6.45) is 3.29. The molecule has 1 amide bonds. The van der Waals surface area contributed by atoms with E-state index >= 15 is 0 Å². The van der Waals surface area contributed by atoms with E-state index in [1.54, 1.807) is 0 Å². The van der Waals surface area contributed by atoms with E-state index in [0.29, 0.717) is 6.04 Å². The number of nitrogens with one attached hydrogen (secondary N) is 1. The van der Waals surface area contributed by atoms with Crippen LogP contribution in [0.2, 0.25) is 0 Å². The topological polar surface area (TPSA) is 41.6 Å². The third-order valence-corrected chi connectivity index (χ3v) is 4.57. The standard InChI is InChI=1S/C14H26N2O2/c1-13(2,3)11-14(5-8-15-9-6-14)7-10-16(11)12(17)18-4/h11,15H,5-10H2,1-4H3. The zero-order chi connectivity index (χ0) is 13.4. The van der Waals surface area contributed by atoms with Gasteiger partial charge in [0.15, 0.2) is 0 Å². The quantitative estimate of drug-likeness (QED) is 0.721. The minimum Gasteiger partial charge on any atom is -0.453 e. The first-order chi connectivity index (χ1) is 8.41. The van der Waals surface area contributed by atoms with E-state index in [2.05, 4.69) is 26.1 Å². The molecule has 2 aliphatic rings. The highest BCUT2D eigenvalue weighted by molar-refractivity contribution is 5.68. The fraction of sp³-hybridized carbons (Fsp3) is 0.929. The van der Waals surface area contributed by atoms with E-state index < -0.39 is 0 Å². The van der Waals surface area contributed by atoms with E-state index in [4.69, 9.17) is 4.74 Å². The second kappa shape index (κ2) is 4.72. The summed E-state index contributed by atoms with van der Waals surface area (Å²) in [6, 6.07) is 0.291. The third kappa shape index (κ3) is 2.22. The molecule has 2 rings (SSSR count). The number of ether oxygens (including phenoxy) is 1. The normalized spacial score (nSPS) is 27.6. The van der Waals surface area contributed by atoms with Crippen molar-refractivity contribution >= 4 is 6.09 Å². The molecular formula is C14H26N2O2. The fourth-order valence-corrected chi connectivity index (χ4v) is 4.09. The summed E-state index contributed by atoms with van der Waals surface area (Å²) in [5.74, 6) is 0. The Morgan fingerprint density at radius 1 is 1.28 bits per heavy atom. The van der Waals surface area contributed by atoms with Gasteiger partial charge < -0.3 is 15.0 Å². The second-order valence-corrected chi connectivity index (χ2v) is 6.79. The number of likely N-dealkylation sites (tertiary alicyclic amines) is 1. The predicted octanol–water partition coefficient (Wildman–Crippen LogP) is 2.24. The lowest BCUT2D eigenvalue weighted by molar-refractivity contribution is 0.0298. The van der Waals surface area contributed by atoms with Crippen molar-refractivity contribution in [1.82, 2.24) is 10.2 Å². The molecule has 0 aliphatic carbocycles. The molecular weight excluding hydrogens is 228 g/mol. The van der Waals surface area contributed by atoms with E-state index in [1.807, 2.05) is 4.90 Å². The van der Waals surface area contributed by atoms with Crippen LogP contribution in [0.5, 0.6) is 0 Å². The first kappa shape index (κ1) is 13.7. The summed E-state index contributed by atoms with van der Waals surface area (Å²) in [4.78, 5) is 13.9. The van der Waals surface area contributed by atoms with Gasteiger partial charge in [-0.3, -0.25) is 0 Å². The molecule has 2 aliphatic heterocycles. The molecule has 104 valence electrons. The Morgan fingerprint density at radius 3 is 2.39 bits per heavy atom. The lowest BCUT2D eigenvalue weighted by Gasteiger charge is -2.47. The number of methoxy groups -OCH3 is 1. The predicted molar refractivity (Wildman–Crippen MR) is 71.5 cm³/mol. The molecule has 1 spiro atoms. The van der Waals surface area contributed by atoms with Crippen LogP contribution in [0.25, 0.3) is 0 Å². The third-order valence-electron chi connectivity index (χ3n) is 4.57. The summed E-state index contributed by atoms with van der Waals surface area (Å²) in [5.41, 5.74) is 0.389. The Morgan fingerprint density at radius 2 is 1.89 bits per heavy atom. The highest BCUT2D eigenvalue weighted by Crippen LogP contribution is 2.50. The highest BCUT2D eigenvalue weighted by atomic mass is 16.5. The average Bonchev–Trinajstić information content (AvgIpc) is 2.68. The molecule has 2 fully saturated rings. The average molecular weight is 254 g/mol. The van der Waals surface area contributed by atoms with Gasteiger partial charge in [0.2, 0.25) is 0 Å². The van der Waals surface area contributed by atoms with Crippen LogP contribution >= 0.6 is 0 Å². The van der Waals surface area contributed by atoms with E-state index in [0.717, 1.165) is 26.1 Å². The monoisotopic (exact) mass is 254 g/mol. The number of rotatable bonds is 0. The maximum absolute atomic E-state index is 12.0. The first-order valence-electron chi connectivity index (χ1n) is 6.96. The Balaban J connectivity index is 2.29. The molecule has 18 heavy (non-hydrogen) atoms.